The lowest BCUT2D eigenvalue weighted by molar-refractivity contribution is 0.584. The maximum atomic E-state index is 13.4. The summed E-state index contributed by atoms with van der Waals surface area (Å²) in [5.41, 5.74) is 6.63. The fraction of sp³-hybridized carbons (Fsp3) is 0.0769. The van der Waals surface area contributed by atoms with Gasteiger partial charge in [-0.2, -0.15) is 4.39 Å². The van der Waals surface area contributed by atoms with Crippen LogP contribution in [0.3, 0.4) is 0 Å². The molecule has 5 aromatic rings. The standard InChI is InChI=1S/C26H20FN5/c1-17-14-21(9-11-28-17)23-7-6-22-24(32-23)10-13-30-26(22)31-16-18-2-4-19(5-3-18)20-8-12-29-25(27)15-20/h2-15H,16H2,1H3,(H,30,31). The van der Waals surface area contributed by atoms with Crippen LogP contribution < -0.4 is 5.32 Å². The Morgan fingerprint density at radius 1 is 0.750 bits per heavy atom. The molecular formula is C26H20FN5. The van der Waals surface area contributed by atoms with Crippen LogP contribution in [0, 0.1) is 12.9 Å². The SMILES string of the molecule is Cc1cc(-c2ccc3c(NCc4ccc(-c5ccnc(F)c5)cc4)nccc3n2)ccn1. The minimum absolute atomic E-state index is 0.480. The Bertz CT molecular complexity index is 1400. The van der Waals surface area contributed by atoms with Crippen LogP contribution in [-0.4, -0.2) is 19.9 Å². The third-order valence-corrected chi connectivity index (χ3v) is 5.28. The highest BCUT2D eigenvalue weighted by Crippen LogP contribution is 2.25. The number of benzene rings is 1. The smallest absolute Gasteiger partial charge is 0.213 e. The van der Waals surface area contributed by atoms with Gasteiger partial charge in [0.15, 0.2) is 0 Å². The Kier molecular flexibility index (Phi) is 5.25. The van der Waals surface area contributed by atoms with Crippen molar-refractivity contribution in [1.82, 2.24) is 19.9 Å². The van der Waals surface area contributed by atoms with Gasteiger partial charge in [0, 0.05) is 47.8 Å². The van der Waals surface area contributed by atoms with Crippen molar-refractivity contribution in [3.05, 3.63) is 103 Å². The molecule has 6 heteroatoms. The molecule has 4 heterocycles. The lowest BCUT2D eigenvalue weighted by Gasteiger charge is -2.10. The summed E-state index contributed by atoms with van der Waals surface area (Å²) < 4.78 is 13.4. The number of hydrogen-bond donors (Lipinski definition) is 1. The van der Waals surface area contributed by atoms with Crippen molar-refractivity contribution in [3.63, 3.8) is 0 Å². The van der Waals surface area contributed by atoms with Crippen LogP contribution in [0.4, 0.5) is 10.2 Å². The van der Waals surface area contributed by atoms with Crippen LogP contribution in [0.15, 0.2) is 85.3 Å². The molecule has 0 fully saturated rings. The monoisotopic (exact) mass is 421 g/mol. The minimum Gasteiger partial charge on any atom is -0.365 e. The average molecular weight is 421 g/mol. The van der Waals surface area contributed by atoms with E-state index in [1.807, 2.05) is 61.5 Å². The molecule has 4 aromatic heterocycles. The first-order valence-electron chi connectivity index (χ1n) is 10.3. The first kappa shape index (κ1) is 19.8. The molecule has 5 rings (SSSR count). The molecule has 1 N–H and O–H groups in total. The van der Waals surface area contributed by atoms with E-state index in [9.17, 15) is 4.39 Å². The predicted molar refractivity (Wildman–Crippen MR) is 124 cm³/mol. The Labute approximate surface area is 185 Å². The van der Waals surface area contributed by atoms with Crippen LogP contribution in [0.2, 0.25) is 0 Å². The number of nitrogens with one attached hydrogen (secondary N) is 1. The normalized spacial score (nSPS) is 10.9. The molecule has 0 atom stereocenters. The van der Waals surface area contributed by atoms with E-state index in [1.54, 1.807) is 18.5 Å². The molecule has 0 aliphatic heterocycles. The summed E-state index contributed by atoms with van der Waals surface area (Å²) in [6.07, 6.45) is 5.04. The van der Waals surface area contributed by atoms with Crippen LogP contribution >= 0.6 is 0 Å². The lowest BCUT2D eigenvalue weighted by Crippen LogP contribution is -2.02. The van der Waals surface area contributed by atoms with Gasteiger partial charge in [0.1, 0.15) is 5.82 Å². The topological polar surface area (TPSA) is 63.6 Å². The molecule has 0 bridgehead atoms. The summed E-state index contributed by atoms with van der Waals surface area (Å²) in [5, 5.41) is 4.37. The Balaban J connectivity index is 1.35. The number of aryl methyl sites for hydroxylation is 1. The molecule has 0 spiro atoms. The van der Waals surface area contributed by atoms with Crippen molar-refractivity contribution in [3.8, 4) is 22.4 Å². The first-order chi connectivity index (χ1) is 15.7. The summed E-state index contributed by atoms with van der Waals surface area (Å²) in [7, 11) is 0. The summed E-state index contributed by atoms with van der Waals surface area (Å²) in [6.45, 7) is 2.58. The fourth-order valence-corrected chi connectivity index (χ4v) is 3.64. The van der Waals surface area contributed by atoms with Gasteiger partial charge < -0.3 is 5.32 Å². The molecule has 32 heavy (non-hydrogen) atoms. The van der Waals surface area contributed by atoms with E-state index < -0.39 is 5.95 Å². The lowest BCUT2D eigenvalue weighted by atomic mass is 10.1. The van der Waals surface area contributed by atoms with E-state index in [0.29, 0.717) is 6.54 Å². The van der Waals surface area contributed by atoms with E-state index in [1.165, 1.54) is 12.3 Å². The van der Waals surface area contributed by atoms with Gasteiger partial charge in [-0.05, 0) is 60.0 Å². The average Bonchev–Trinajstić information content (AvgIpc) is 2.82. The van der Waals surface area contributed by atoms with Crippen molar-refractivity contribution in [2.75, 3.05) is 5.32 Å². The first-order valence-corrected chi connectivity index (χ1v) is 10.3. The van der Waals surface area contributed by atoms with Gasteiger partial charge in [-0.3, -0.25) is 4.98 Å². The molecule has 0 aliphatic carbocycles. The minimum atomic E-state index is -0.480. The number of halogens is 1. The van der Waals surface area contributed by atoms with Crippen molar-refractivity contribution in [2.45, 2.75) is 13.5 Å². The Hall–Kier alpha value is -4.19. The Morgan fingerprint density at radius 3 is 2.34 bits per heavy atom. The van der Waals surface area contributed by atoms with Gasteiger partial charge in [0.25, 0.3) is 0 Å². The molecule has 156 valence electrons. The largest absolute Gasteiger partial charge is 0.365 e. The number of hydrogen-bond acceptors (Lipinski definition) is 5. The highest BCUT2D eigenvalue weighted by Gasteiger charge is 2.07. The van der Waals surface area contributed by atoms with Crippen molar-refractivity contribution in [1.29, 1.82) is 0 Å². The summed E-state index contributed by atoms with van der Waals surface area (Å²) in [4.78, 5) is 17.2. The zero-order valence-corrected chi connectivity index (χ0v) is 17.5. The van der Waals surface area contributed by atoms with Gasteiger partial charge in [0.05, 0.1) is 11.2 Å². The number of anilines is 1. The van der Waals surface area contributed by atoms with E-state index in [0.717, 1.165) is 50.4 Å². The van der Waals surface area contributed by atoms with Crippen molar-refractivity contribution < 1.29 is 4.39 Å². The second kappa shape index (κ2) is 8.51. The third kappa shape index (κ3) is 4.16. The number of rotatable bonds is 5. The number of aromatic nitrogens is 4. The number of nitrogens with zero attached hydrogens (tertiary/aromatic N) is 4. The fourth-order valence-electron chi connectivity index (χ4n) is 3.64. The predicted octanol–water partition coefficient (Wildman–Crippen LogP) is 5.81. The van der Waals surface area contributed by atoms with Crippen LogP contribution in [0.5, 0.6) is 0 Å². The summed E-state index contributed by atoms with van der Waals surface area (Å²) in [6, 6.07) is 21.2. The molecule has 0 saturated carbocycles. The highest BCUT2D eigenvalue weighted by molar-refractivity contribution is 5.90. The van der Waals surface area contributed by atoms with E-state index >= 15 is 0 Å². The van der Waals surface area contributed by atoms with Crippen LogP contribution in [-0.2, 0) is 6.54 Å². The molecule has 0 unspecified atom stereocenters. The number of fused-ring (bicyclic) bond motifs is 1. The van der Waals surface area contributed by atoms with Gasteiger partial charge >= 0.3 is 0 Å². The van der Waals surface area contributed by atoms with Crippen LogP contribution in [0.25, 0.3) is 33.3 Å². The van der Waals surface area contributed by atoms with Crippen molar-refractivity contribution >= 4 is 16.7 Å². The van der Waals surface area contributed by atoms with E-state index in [2.05, 4.69) is 20.3 Å². The van der Waals surface area contributed by atoms with E-state index in [4.69, 9.17) is 4.98 Å². The maximum Gasteiger partial charge on any atom is 0.213 e. The van der Waals surface area contributed by atoms with Gasteiger partial charge in [-0.25, -0.2) is 15.0 Å². The molecule has 1 aromatic carbocycles. The molecule has 0 amide bonds. The second-order valence-electron chi connectivity index (χ2n) is 7.53. The van der Waals surface area contributed by atoms with Gasteiger partial charge in [-0.15, -0.1) is 0 Å². The molecule has 0 radical (unpaired) electrons. The van der Waals surface area contributed by atoms with Gasteiger partial charge in [-0.1, -0.05) is 24.3 Å². The second-order valence-corrected chi connectivity index (χ2v) is 7.53. The quantitative estimate of drug-likeness (QED) is 0.363. The highest BCUT2D eigenvalue weighted by atomic mass is 19.1. The van der Waals surface area contributed by atoms with Gasteiger partial charge in [0.2, 0.25) is 5.95 Å². The third-order valence-electron chi connectivity index (χ3n) is 5.28. The Morgan fingerprint density at radius 2 is 1.53 bits per heavy atom. The molecular weight excluding hydrogens is 401 g/mol. The molecule has 0 aliphatic rings. The van der Waals surface area contributed by atoms with Crippen LogP contribution in [0.1, 0.15) is 11.3 Å². The zero-order chi connectivity index (χ0) is 21.9. The molecule has 5 nitrogen and oxygen atoms in total. The zero-order valence-electron chi connectivity index (χ0n) is 17.5. The molecule has 0 saturated heterocycles. The summed E-state index contributed by atoms with van der Waals surface area (Å²) >= 11 is 0. The van der Waals surface area contributed by atoms with Crippen molar-refractivity contribution in [2.24, 2.45) is 0 Å². The number of pyridine rings is 4. The maximum absolute atomic E-state index is 13.4. The summed E-state index contributed by atoms with van der Waals surface area (Å²) in [5.74, 6) is 0.304. The van der Waals surface area contributed by atoms with E-state index in [-0.39, 0.29) is 0 Å².